The first-order valence-corrected chi connectivity index (χ1v) is 13.8. The van der Waals surface area contributed by atoms with Crippen molar-refractivity contribution >= 4 is 51.3 Å². The van der Waals surface area contributed by atoms with E-state index in [1.54, 1.807) is 6.08 Å². The van der Waals surface area contributed by atoms with E-state index in [2.05, 4.69) is 4.74 Å². The van der Waals surface area contributed by atoms with E-state index in [-0.39, 0.29) is 5.97 Å². The number of carbonyl (C=O) groups is 1. The first kappa shape index (κ1) is 21.8. The van der Waals surface area contributed by atoms with Crippen LogP contribution in [0.1, 0.15) is 18.4 Å². The van der Waals surface area contributed by atoms with Gasteiger partial charge in [-0.3, -0.25) is 0 Å². The second-order valence-electron chi connectivity index (χ2n) is 5.92. The molecule has 2 rings (SSSR count). The van der Waals surface area contributed by atoms with Crippen LogP contribution in [0.15, 0.2) is 54.6 Å². The number of carbonyl (C=O) groups excluding carboxylic acids is 1. The van der Waals surface area contributed by atoms with Crippen molar-refractivity contribution in [3.05, 3.63) is 60.2 Å². The fraction of sp³-hybridized carbons (Fsp3) is 0.250. The average Bonchev–Trinajstić information content (AvgIpc) is 2.66. The zero-order chi connectivity index (χ0) is 19.7. The van der Waals surface area contributed by atoms with Crippen LogP contribution in [0, 0.1) is 0 Å². The van der Waals surface area contributed by atoms with Crippen molar-refractivity contribution in [3.63, 3.8) is 0 Å². The predicted octanol–water partition coefficient (Wildman–Crippen LogP) is 6.35. The molecule has 2 aromatic carbocycles. The Morgan fingerprint density at radius 3 is 2.11 bits per heavy atom. The first-order valence-electron chi connectivity index (χ1n) is 8.53. The van der Waals surface area contributed by atoms with Crippen LogP contribution in [0.2, 0.25) is 6.04 Å². The van der Waals surface area contributed by atoms with Gasteiger partial charge in [-0.15, -0.1) is 33.2 Å². The summed E-state index contributed by atoms with van der Waals surface area (Å²) in [5, 5.41) is 0. The lowest BCUT2D eigenvalue weighted by Gasteiger charge is -2.09. The van der Waals surface area contributed by atoms with Gasteiger partial charge < -0.3 is 9.47 Å². The highest BCUT2D eigenvalue weighted by Gasteiger charge is 2.23. The highest BCUT2D eigenvalue weighted by Crippen LogP contribution is 2.27. The van der Waals surface area contributed by atoms with E-state index in [0.717, 1.165) is 35.3 Å². The summed E-state index contributed by atoms with van der Waals surface area (Å²) in [5.74, 6) is 0.451. The molecule has 0 radical (unpaired) electrons. The molecule has 0 spiro atoms. The molecule has 0 N–H and O–H groups in total. The van der Waals surface area contributed by atoms with Crippen LogP contribution < -0.4 is 4.74 Å². The average molecular weight is 444 g/mol. The summed E-state index contributed by atoms with van der Waals surface area (Å²) in [6.45, 7) is 0.607. The Morgan fingerprint density at radius 1 is 0.963 bits per heavy atom. The molecule has 0 aliphatic heterocycles. The van der Waals surface area contributed by atoms with Gasteiger partial charge in [0.25, 0.3) is 0 Å². The Balaban J connectivity index is 1.85. The molecule has 0 amide bonds. The second kappa shape index (κ2) is 10.8. The Hall–Kier alpha value is -1.46. The van der Waals surface area contributed by atoms with E-state index in [0.29, 0.717) is 12.7 Å². The normalized spacial score (nSPS) is 11.6. The van der Waals surface area contributed by atoms with Crippen LogP contribution >= 0.6 is 33.2 Å². The molecule has 0 fully saturated rings. The SMILES string of the molecule is COC(=O)C=Cc1ccc(-c2ccc(OCCCC[Si](Cl)(Cl)Cl)cc2)cc1. The molecule has 0 atom stereocenters. The van der Waals surface area contributed by atoms with Gasteiger partial charge in [0.1, 0.15) is 5.75 Å². The molecule has 0 aliphatic carbocycles. The van der Waals surface area contributed by atoms with E-state index in [1.807, 2.05) is 48.5 Å². The Labute approximate surface area is 175 Å². The zero-order valence-corrected chi connectivity index (χ0v) is 18.2. The number of esters is 1. The van der Waals surface area contributed by atoms with Gasteiger partial charge in [-0.1, -0.05) is 36.4 Å². The fourth-order valence-corrected chi connectivity index (χ4v) is 4.23. The van der Waals surface area contributed by atoms with E-state index < -0.39 is 6.00 Å². The third-order valence-corrected chi connectivity index (χ3v) is 6.46. The van der Waals surface area contributed by atoms with Gasteiger partial charge in [0.2, 0.25) is 0 Å². The van der Waals surface area contributed by atoms with Gasteiger partial charge in [-0.25, -0.2) is 4.79 Å². The minimum absolute atomic E-state index is 0.371. The van der Waals surface area contributed by atoms with Gasteiger partial charge in [0.15, 0.2) is 0 Å². The van der Waals surface area contributed by atoms with Crippen molar-refractivity contribution in [2.45, 2.75) is 18.9 Å². The van der Waals surface area contributed by atoms with Crippen molar-refractivity contribution in [2.75, 3.05) is 13.7 Å². The minimum Gasteiger partial charge on any atom is -0.494 e. The van der Waals surface area contributed by atoms with Gasteiger partial charge in [0.05, 0.1) is 13.7 Å². The largest absolute Gasteiger partial charge is 0.494 e. The molecule has 144 valence electrons. The summed E-state index contributed by atoms with van der Waals surface area (Å²) < 4.78 is 10.3. The number of unbranched alkanes of at least 4 members (excludes halogenated alkanes) is 1. The maximum Gasteiger partial charge on any atom is 0.341 e. The van der Waals surface area contributed by atoms with Gasteiger partial charge in [-0.2, -0.15) is 0 Å². The summed E-state index contributed by atoms with van der Waals surface area (Å²) in [4.78, 5) is 11.1. The van der Waals surface area contributed by atoms with E-state index >= 15 is 0 Å². The predicted molar refractivity (Wildman–Crippen MR) is 116 cm³/mol. The standard InChI is InChI=1S/C20H21Cl3O3Si/c1-25-20(24)13-6-16-4-7-17(8-5-16)18-9-11-19(12-10-18)26-14-2-3-15-27(21,22)23/h4-13H,2-3,14-15H2,1H3. The van der Waals surface area contributed by atoms with Crippen LogP contribution in [-0.4, -0.2) is 25.7 Å². The Morgan fingerprint density at radius 2 is 1.56 bits per heavy atom. The summed E-state index contributed by atoms with van der Waals surface area (Å²) in [7, 11) is 1.36. The number of rotatable bonds is 9. The zero-order valence-electron chi connectivity index (χ0n) is 15.0. The molecule has 27 heavy (non-hydrogen) atoms. The minimum atomic E-state index is -2.51. The number of halogens is 3. The number of hydrogen-bond donors (Lipinski definition) is 0. The highest BCUT2D eigenvalue weighted by molar-refractivity contribution is 7.64. The molecule has 2 aromatic rings. The van der Waals surface area contributed by atoms with Crippen molar-refractivity contribution in [2.24, 2.45) is 0 Å². The van der Waals surface area contributed by atoms with Crippen molar-refractivity contribution in [3.8, 4) is 16.9 Å². The maximum absolute atomic E-state index is 11.1. The van der Waals surface area contributed by atoms with Crippen molar-refractivity contribution < 1.29 is 14.3 Å². The van der Waals surface area contributed by atoms with Crippen LogP contribution in [0.25, 0.3) is 17.2 Å². The summed E-state index contributed by atoms with van der Waals surface area (Å²) in [5.41, 5.74) is 3.11. The molecule has 0 saturated heterocycles. The number of methoxy groups -OCH3 is 1. The number of hydrogen-bond acceptors (Lipinski definition) is 3. The Bertz CT molecular complexity index is 754. The first-order chi connectivity index (χ1) is 12.9. The number of benzene rings is 2. The van der Waals surface area contributed by atoms with Crippen molar-refractivity contribution in [1.82, 2.24) is 0 Å². The molecule has 0 heterocycles. The van der Waals surface area contributed by atoms with Gasteiger partial charge in [0, 0.05) is 6.08 Å². The van der Waals surface area contributed by atoms with Gasteiger partial charge in [-0.05, 0) is 53.8 Å². The summed E-state index contributed by atoms with van der Waals surface area (Å²) >= 11 is 17.6. The van der Waals surface area contributed by atoms with Gasteiger partial charge >= 0.3 is 12.0 Å². The molecule has 0 unspecified atom stereocenters. The topological polar surface area (TPSA) is 35.5 Å². The molecular weight excluding hydrogens is 423 g/mol. The van der Waals surface area contributed by atoms with Crippen LogP contribution in [0.5, 0.6) is 5.75 Å². The molecule has 0 bridgehead atoms. The lowest BCUT2D eigenvalue weighted by atomic mass is 10.0. The second-order valence-corrected chi connectivity index (χ2v) is 15.2. The molecule has 7 heteroatoms. The fourth-order valence-electron chi connectivity index (χ4n) is 2.38. The summed E-state index contributed by atoms with van der Waals surface area (Å²) in [6.07, 6.45) is 4.84. The maximum atomic E-state index is 11.1. The third kappa shape index (κ3) is 8.39. The number of ether oxygens (including phenoxy) is 2. The quantitative estimate of drug-likeness (QED) is 0.149. The lowest BCUT2D eigenvalue weighted by molar-refractivity contribution is -0.134. The van der Waals surface area contributed by atoms with Crippen LogP contribution in [0.4, 0.5) is 0 Å². The molecule has 0 saturated carbocycles. The monoisotopic (exact) mass is 442 g/mol. The van der Waals surface area contributed by atoms with E-state index in [4.69, 9.17) is 38.0 Å². The molecule has 0 aliphatic rings. The van der Waals surface area contributed by atoms with Crippen LogP contribution in [-0.2, 0) is 9.53 Å². The van der Waals surface area contributed by atoms with Crippen molar-refractivity contribution in [1.29, 1.82) is 0 Å². The Kier molecular flexibility index (Phi) is 8.70. The smallest absolute Gasteiger partial charge is 0.341 e. The summed E-state index contributed by atoms with van der Waals surface area (Å²) in [6, 6.07) is 14.0. The molecular formula is C20H21Cl3O3Si. The van der Waals surface area contributed by atoms with Crippen LogP contribution in [0.3, 0.4) is 0 Å². The molecule has 0 aromatic heterocycles. The highest BCUT2D eigenvalue weighted by atomic mass is 35.8. The lowest BCUT2D eigenvalue weighted by Crippen LogP contribution is -2.09. The van der Waals surface area contributed by atoms with E-state index in [9.17, 15) is 4.79 Å². The molecule has 3 nitrogen and oxygen atoms in total. The van der Waals surface area contributed by atoms with E-state index in [1.165, 1.54) is 13.2 Å². The third-order valence-electron chi connectivity index (χ3n) is 3.83.